The monoisotopic (exact) mass is 367 g/mol. The van der Waals surface area contributed by atoms with Crippen LogP contribution >= 0.6 is 11.8 Å². The van der Waals surface area contributed by atoms with Crippen LogP contribution in [0.2, 0.25) is 0 Å². The van der Waals surface area contributed by atoms with Gasteiger partial charge in [-0.3, -0.25) is 15.6 Å². The highest BCUT2D eigenvalue weighted by atomic mass is 32.2. The summed E-state index contributed by atoms with van der Waals surface area (Å²) in [6.07, 6.45) is 1.82. The zero-order chi connectivity index (χ0) is 19.0. The smallest absolute Gasteiger partial charge is 0.338 e. The average Bonchev–Trinajstić information content (AvgIpc) is 2.59. The molecule has 0 bridgehead atoms. The Hall–Kier alpha value is -1.90. The normalized spacial score (nSPS) is 10.6. The molecular formula is C17H25N3O4S. The van der Waals surface area contributed by atoms with E-state index in [0.717, 1.165) is 16.7 Å². The van der Waals surface area contributed by atoms with Gasteiger partial charge in [0.05, 0.1) is 17.2 Å². The Morgan fingerprint density at radius 2 is 1.96 bits per heavy atom. The molecule has 1 amide bonds. The molecule has 0 aromatic heterocycles. The van der Waals surface area contributed by atoms with Crippen molar-refractivity contribution in [2.45, 2.75) is 26.7 Å². The summed E-state index contributed by atoms with van der Waals surface area (Å²) in [5, 5.41) is 8.43. The van der Waals surface area contributed by atoms with Crippen LogP contribution in [0.1, 0.15) is 46.8 Å². The number of aryl methyl sites for hydroxylation is 1. The Bertz CT molecular complexity index is 647. The topological polar surface area (TPSA) is 115 Å². The molecule has 0 saturated heterocycles. The molecule has 0 aliphatic carbocycles. The van der Waals surface area contributed by atoms with E-state index in [1.165, 1.54) is 11.8 Å². The van der Waals surface area contributed by atoms with E-state index in [1.807, 2.05) is 38.5 Å². The van der Waals surface area contributed by atoms with Crippen molar-refractivity contribution in [1.82, 2.24) is 5.43 Å². The first-order valence-electron chi connectivity index (χ1n) is 7.83. The van der Waals surface area contributed by atoms with Gasteiger partial charge in [0.15, 0.2) is 0 Å². The maximum atomic E-state index is 12.4. The number of thioether (sulfide) groups is 1. The van der Waals surface area contributed by atoms with E-state index in [9.17, 15) is 9.59 Å². The Morgan fingerprint density at radius 3 is 2.52 bits per heavy atom. The van der Waals surface area contributed by atoms with Crippen LogP contribution < -0.4 is 11.3 Å². The molecule has 0 saturated carbocycles. The van der Waals surface area contributed by atoms with Gasteiger partial charge in [-0.2, -0.15) is 0 Å². The summed E-state index contributed by atoms with van der Waals surface area (Å²) in [5.74, 6) is 4.16. The minimum Gasteiger partial charge on any atom is -0.460 e. The summed E-state index contributed by atoms with van der Waals surface area (Å²) in [6.45, 7) is 5.86. The molecule has 0 atom stereocenters. The van der Waals surface area contributed by atoms with Crippen molar-refractivity contribution in [2.75, 3.05) is 26.1 Å². The highest BCUT2D eigenvalue weighted by molar-refractivity contribution is 8.13. The van der Waals surface area contributed by atoms with E-state index >= 15 is 0 Å². The summed E-state index contributed by atoms with van der Waals surface area (Å²) in [4.78, 5) is 23.4. The van der Waals surface area contributed by atoms with E-state index < -0.39 is 11.9 Å². The number of rotatable bonds is 8. The molecule has 8 heteroatoms. The van der Waals surface area contributed by atoms with Crippen LogP contribution in [0.15, 0.2) is 12.1 Å². The van der Waals surface area contributed by atoms with Gasteiger partial charge in [0.1, 0.15) is 13.2 Å². The van der Waals surface area contributed by atoms with Crippen molar-refractivity contribution >= 4 is 28.7 Å². The van der Waals surface area contributed by atoms with Gasteiger partial charge in [-0.05, 0) is 36.3 Å². The van der Waals surface area contributed by atoms with Crippen molar-refractivity contribution in [3.63, 3.8) is 0 Å². The lowest BCUT2D eigenvalue weighted by atomic mass is 9.92. The Morgan fingerprint density at radius 1 is 1.28 bits per heavy atom. The number of hydrogen-bond donors (Lipinski definition) is 3. The van der Waals surface area contributed by atoms with Gasteiger partial charge in [-0.25, -0.2) is 10.6 Å². The minimum absolute atomic E-state index is 0.0252. The lowest BCUT2D eigenvalue weighted by Crippen LogP contribution is -2.33. The third-order valence-corrected chi connectivity index (χ3v) is 4.17. The van der Waals surface area contributed by atoms with Gasteiger partial charge < -0.3 is 9.47 Å². The van der Waals surface area contributed by atoms with Crippen molar-refractivity contribution in [3.05, 3.63) is 34.4 Å². The number of amides is 1. The second-order valence-electron chi connectivity index (χ2n) is 5.70. The molecular weight excluding hydrogens is 342 g/mol. The SMILES string of the molecule is CSC(=N)c1cc(C(=O)OCCOCC(=O)NN)c(C(C)C)cc1C. The number of hydrogen-bond acceptors (Lipinski definition) is 7. The van der Waals surface area contributed by atoms with Gasteiger partial charge in [0.25, 0.3) is 5.91 Å². The molecule has 1 aromatic rings. The summed E-state index contributed by atoms with van der Waals surface area (Å²) in [5.41, 5.74) is 4.95. The minimum atomic E-state index is -0.467. The fraction of sp³-hybridized carbons (Fsp3) is 0.471. The van der Waals surface area contributed by atoms with Crippen LogP contribution in [0.4, 0.5) is 0 Å². The van der Waals surface area contributed by atoms with Crippen molar-refractivity contribution in [2.24, 2.45) is 5.84 Å². The summed E-state index contributed by atoms with van der Waals surface area (Å²) >= 11 is 1.32. The van der Waals surface area contributed by atoms with E-state index in [2.05, 4.69) is 0 Å². The zero-order valence-electron chi connectivity index (χ0n) is 15.0. The third kappa shape index (κ3) is 6.15. The second kappa shape index (κ2) is 10.2. The molecule has 4 N–H and O–H groups in total. The van der Waals surface area contributed by atoms with Crippen LogP contribution in [-0.4, -0.2) is 43.0 Å². The van der Waals surface area contributed by atoms with Crippen molar-refractivity contribution in [3.8, 4) is 0 Å². The molecule has 25 heavy (non-hydrogen) atoms. The average molecular weight is 367 g/mol. The predicted octanol–water partition coefficient (Wildman–Crippen LogP) is 1.97. The van der Waals surface area contributed by atoms with Gasteiger partial charge in [0, 0.05) is 5.56 Å². The summed E-state index contributed by atoms with van der Waals surface area (Å²) in [7, 11) is 0. The molecule has 1 rings (SSSR count). The number of hydrazine groups is 1. The maximum Gasteiger partial charge on any atom is 0.338 e. The van der Waals surface area contributed by atoms with Crippen LogP contribution in [0.5, 0.6) is 0 Å². The molecule has 0 radical (unpaired) electrons. The highest BCUT2D eigenvalue weighted by Crippen LogP contribution is 2.26. The van der Waals surface area contributed by atoms with Gasteiger partial charge in [-0.1, -0.05) is 19.9 Å². The zero-order valence-corrected chi connectivity index (χ0v) is 15.8. The third-order valence-electron chi connectivity index (χ3n) is 3.54. The van der Waals surface area contributed by atoms with E-state index in [4.69, 9.17) is 20.7 Å². The van der Waals surface area contributed by atoms with Crippen LogP contribution in [0.3, 0.4) is 0 Å². The number of esters is 1. The first kappa shape index (κ1) is 21.1. The van der Waals surface area contributed by atoms with Crippen molar-refractivity contribution < 1.29 is 19.1 Å². The number of ether oxygens (including phenoxy) is 2. The summed E-state index contributed by atoms with van der Waals surface area (Å²) in [6, 6.07) is 3.65. The van der Waals surface area contributed by atoms with Gasteiger partial charge in [0.2, 0.25) is 0 Å². The lowest BCUT2D eigenvalue weighted by molar-refractivity contribution is -0.126. The number of nitrogens with two attached hydrogens (primary N) is 1. The largest absolute Gasteiger partial charge is 0.460 e. The Labute approximate surface area is 152 Å². The molecule has 0 unspecified atom stereocenters. The molecule has 0 fully saturated rings. The van der Waals surface area contributed by atoms with Gasteiger partial charge in [-0.15, -0.1) is 11.8 Å². The molecule has 0 aliphatic heterocycles. The number of benzene rings is 1. The van der Waals surface area contributed by atoms with E-state index in [0.29, 0.717) is 10.6 Å². The highest BCUT2D eigenvalue weighted by Gasteiger charge is 2.19. The fourth-order valence-corrected chi connectivity index (χ4v) is 2.66. The van der Waals surface area contributed by atoms with Crippen LogP contribution in [-0.2, 0) is 14.3 Å². The lowest BCUT2D eigenvalue weighted by Gasteiger charge is -2.16. The Kier molecular flexibility index (Phi) is 8.60. The molecule has 138 valence electrons. The second-order valence-corrected chi connectivity index (χ2v) is 6.51. The molecule has 0 spiro atoms. The standard InChI is InChI=1S/C17H25N3O4S/c1-10(2)12-7-11(3)13(16(18)25-4)8-14(12)17(22)24-6-5-23-9-15(21)20-19/h7-8,10,18H,5-6,9,19H2,1-4H3,(H,20,21). The first-order valence-corrected chi connectivity index (χ1v) is 9.06. The van der Waals surface area contributed by atoms with Crippen LogP contribution in [0, 0.1) is 12.3 Å². The molecule has 1 aromatic carbocycles. The number of carbonyl (C=O) groups is 2. The molecule has 7 nitrogen and oxygen atoms in total. The fourth-order valence-electron chi connectivity index (χ4n) is 2.22. The first-order chi connectivity index (χ1) is 11.8. The van der Waals surface area contributed by atoms with E-state index in [-0.39, 0.29) is 25.7 Å². The molecule has 0 heterocycles. The quantitative estimate of drug-likeness (QED) is 0.123. The van der Waals surface area contributed by atoms with Crippen LogP contribution in [0.25, 0.3) is 0 Å². The Balaban J connectivity index is 2.85. The van der Waals surface area contributed by atoms with E-state index in [1.54, 1.807) is 6.07 Å². The summed E-state index contributed by atoms with van der Waals surface area (Å²) < 4.78 is 10.3. The maximum absolute atomic E-state index is 12.4. The van der Waals surface area contributed by atoms with Crippen molar-refractivity contribution in [1.29, 1.82) is 5.41 Å². The number of carbonyl (C=O) groups excluding carboxylic acids is 2. The predicted molar refractivity (Wildman–Crippen MR) is 99.0 cm³/mol. The molecule has 0 aliphatic rings. The number of nitrogens with one attached hydrogen (secondary N) is 2. The van der Waals surface area contributed by atoms with Gasteiger partial charge >= 0.3 is 5.97 Å².